The molecule has 0 fully saturated rings. The van der Waals surface area contributed by atoms with Crippen LogP contribution < -0.4 is 5.32 Å². The van der Waals surface area contributed by atoms with E-state index in [1.54, 1.807) is 18.2 Å². The number of anilines is 1. The summed E-state index contributed by atoms with van der Waals surface area (Å²) in [5.74, 6) is -0.199. The van der Waals surface area contributed by atoms with Gasteiger partial charge in [0.2, 0.25) is 0 Å². The Morgan fingerprint density at radius 1 is 0.906 bits per heavy atom. The summed E-state index contributed by atoms with van der Waals surface area (Å²) in [6.07, 6.45) is 0. The van der Waals surface area contributed by atoms with E-state index >= 15 is 0 Å². The zero-order chi connectivity index (χ0) is 23.2. The first-order valence-corrected chi connectivity index (χ1v) is 11.6. The van der Waals surface area contributed by atoms with Crippen molar-refractivity contribution in [1.82, 2.24) is 4.98 Å². The number of rotatable bonds is 3. The number of aromatic nitrogens is 1. The van der Waals surface area contributed by atoms with Gasteiger partial charge in [-0.1, -0.05) is 50.8 Å². The molecule has 0 unspecified atom stereocenters. The largest absolute Gasteiger partial charge is 0.322 e. The highest BCUT2D eigenvalue weighted by Crippen LogP contribution is 2.33. The molecule has 3 aromatic carbocycles. The van der Waals surface area contributed by atoms with Crippen LogP contribution in [-0.4, -0.2) is 10.9 Å². The molecule has 0 atom stereocenters. The van der Waals surface area contributed by atoms with E-state index in [-0.39, 0.29) is 5.91 Å². The zero-order valence-corrected chi connectivity index (χ0v) is 21.2. The number of nitrogens with one attached hydrogen (secondary N) is 1. The van der Waals surface area contributed by atoms with Crippen LogP contribution in [0.5, 0.6) is 0 Å². The van der Waals surface area contributed by atoms with Crippen molar-refractivity contribution < 1.29 is 4.79 Å². The summed E-state index contributed by atoms with van der Waals surface area (Å²) < 4.78 is 1.04. The zero-order valence-electron chi connectivity index (χ0n) is 18.1. The fourth-order valence-corrected chi connectivity index (χ4v) is 4.65. The minimum absolute atomic E-state index is 0.199. The molecule has 0 saturated carbocycles. The molecule has 1 N–H and O–H groups in total. The van der Waals surface area contributed by atoms with Gasteiger partial charge < -0.3 is 5.32 Å². The van der Waals surface area contributed by atoms with Crippen LogP contribution in [0.25, 0.3) is 22.2 Å². The Morgan fingerprint density at radius 2 is 1.59 bits per heavy atom. The maximum Gasteiger partial charge on any atom is 0.256 e. The van der Waals surface area contributed by atoms with Crippen LogP contribution in [0, 0.1) is 27.7 Å². The summed E-state index contributed by atoms with van der Waals surface area (Å²) in [5.41, 5.74) is 7.58. The van der Waals surface area contributed by atoms with Crippen LogP contribution in [0.2, 0.25) is 10.0 Å². The van der Waals surface area contributed by atoms with Gasteiger partial charge in [-0.15, -0.1) is 0 Å². The van der Waals surface area contributed by atoms with Gasteiger partial charge in [-0.05, 0) is 86.8 Å². The van der Waals surface area contributed by atoms with Crippen LogP contribution in [0.3, 0.4) is 0 Å². The summed E-state index contributed by atoms with van der Waals surface area (Å²) >= 11 is 16.1. The van der Waals surface area contributed by atoms with Crippen molar-refractivity contribution in [2.45, 2.75) is 27.7 Å². The monoisotopic (exact) mass is 526 g/mol. The second-order valence-corrected chi connectivity index (χ2v) is 9.67. The van der Waals surface area contributed by atoms with E-state index in [1.165, 1.54) is 0 Å². The second-order valence-electron chi connectivity index (χ2n) is 8.04. The smallest absolute Gasteiger partial charge is 0.256 e. The normalized spacial score (nSPS) is 11.1. The Morgan fingerprint density at radius 3 is 2.25 bits per heavy atom. The van der Waals surface area contributed by atoms with Gasteiger partial charge in [0, 0.05) is 26.1 Å². The quantitative estimate of drug-likeness (QED) is 0.290. The molecule has 4 aromatic rings. The van der Waals surface area contributed by atoms with E-state index in [0.29, 0.717) is 21.3 Å². The van der Waals surface area contributed by atoms with Crippen LogP contribution >= 0.6 is 39.1 Å². The van der Waals surface area contributed by atoms with Gasteiger partial charge in [0.25, 0.3) is 5.91 Å². The summed E-state index contributed by atoms with van der Waals surface area (Å²) in [6, 6.07) is 15.0. The number of amides is 1. The van der Waals surface area contributed by atoms with Crippen molar-refractivity contribution in [3.8, 4) is 11.3 Å². The number of hydrogen-bond donors (Lipinski definition) is 1. The number of fused-ring (bicyclic) bond motifs is 1. The standard InChI is InChI=1S/C26H21BrCl2N2O/c1-13-7-16(4)25-20(8-13)21(12-23(31-25)19-6-5-17(28)11-22(19)29)26(32)30-18-9-14(2)24(27)15(3)10-18/h5-12H,1-4H3,(H,30,32). The lowest BCUT2D eigenvalue weighted by Crippen LogP contribution is -2.14. The van der Waals surface area contributed by atoms with Crippen LogP contribution in [0.1, 0.15) is 32.6 Å². The number of carbonyl (C=O) groups is 1. The average molecular weight is 528 g/mol. The van der Waals surface area contributed by atoms with E-state index in [9.17, 15) is 4.79 Å². The number of pyridine rings is 1. The first-order valence-electron chi connectivity index (χ1n) is 10.1. The van der Waals surface area contributed by atoms with Gasteiger partial charge in [-0.25, -0.2) is 4.98 Å². The lowest BCUT2D eigenvalue weighted by Gasteiger charge is -2.14. The Hall–Kier alpha value is -2.40. The van der Waals surface area contributed by atoms with Gasteiger partial charge in [0.1, 0.15) is 0 Å². The summed E-state index contributed by atoms with van der Waals surface area (Å²) in [6.45, 7) is 8.02. The van der Waals surface area contributed by atoms with Crippen molar-refractivity contribution in [3.05, 3.63) is 90.9 Å². The van der Waals surface area contributed by atoms with Gasteiger partial charge in [0.05, 0.1) is 21.8 Å². The number of aryl methyl sites for hydroxylation is 4. The highest BCUT2D eigenvalue weighted by molar-refractivity contribution is 9.10. The molecule has 0 spiro atoms. The molecule has 1 amide bonds. The Bertz CT molecular complexity index is 1380. The molecular formula is C26H21BrCl2N2O. The lowest BCUT2D eigenvalue weighted by molar-refractivity contribution is 0.102. The molecular weight excluding hydrogens is 507 g/mol. The first kappa shape index (κ1) is 22.8. The molecule has 1 aromatic heterocycles. The van der Waals surface area contributed by atoms with E-state index in [1.807, 2.05) is 52.0 Å². The molecule has 0 bridgehead atoms. The lowest BCUT2D eigenvalue weighted by atomic mass is 9.99. The third-order valence-corrected chi connectivity index (χ3v) is 7.19. The third-order valence-electron chi connectivity index (χ3n) is 5.39. The van der Waals surface area contributed by atoms with Crippen molar-refractivity contribution >= 4 is 61.6 Å². The van der Waals surface area contributed by atoms with Crippen molar-refractivity contribution in [2.75, 3.05) is 5.32 Å². The molecule has 0 radical (unpaired) electrons. The Balaban J connectivity index is 1.89. The van der Waals surface area contributed by atoms with Gasteiger partial charge in [-0.2, -0.15) is 0 Å². The Kier molecular flexibility index (Phi) is 6.30. The van der Waals surface area contributed by atoms with Crippen LogP contribution in [0.4, 0.5) is 5.69 Å². The number of hydrogen-bond acceptors (Lipinski definition) is 2. The predicted octanol–water partition coefficient (Wildman–Crippen LogP) is 8.46. The number of carbonyl (C=O) groups excluding carboxylic acids is 1. The van der Waals surface area contributed by atoms with Gasteiger partial charge in [0.15, 0.2) is 0 Å². The molecule has 162 valence electrons. The topological polar surface area (TPSA) is 42.0 Å². The third kappa shape index (κ3) is 4.40. The molecule has 0 aliphatic rings. The summed E-state index contributed by atoms with van der Waals surface area (Å²) in [7, 11) is 0. The molecule has 0 saturated heterocycles. The number of halogens is 3. The molecule has 6 heteroatoms. The molecule has 0 aliphatic heterocycles. The second kappa shape index (κ2) is 8.86. The average Bonchev–Trinajstić information content (AvgIpc) is 2.71. The Labute approximate surface area is 205 Å². The van der Waals surface area contributed by atoms with Crippen molar-refractivity contribution in [3.63, 3.8) is 0 Å². The minimum Gasteiger partial charge on any atom is -0.322 e. The maximum absolute atomic E-state index is 13.5. The first-order chi connectivity index (χ1) is 15.1. The fraction of sp³-hybridized carbons (Fsp3) is 0.154. The van der Waals surface area contributed by atoms with Crippen molar-refractivity contribution in [2.24, 2.45) is 0 Å². The molecule has 4 rings (SSSR count). The van der Waals surface area contributed by atoms with Crippen LogP contribution in [-0.2, 0) is 0 Å². The number of benzene rings is 3. The maximum atomic E-state index is 13.5. The predicted molar refractivity (Wildman–Crippen MR) is 138 cm³/mol. The fourth-order valence-electron chi connectivity index (χ4n) is 3.92. The van der Waals surface area contributed by atoms with Gasteiger partial charge in [-0.3, -0.25) is 4.79 Å². The van der Waals surface area contributed by atoms with Crippen LogP contribution in [0.15, 0.2) is 53.0 Å². The summed E-state index contributed by atoms with van der Waals surface area (Å²) in [5, 5.41) is 4.90. The molecule has 32 heavy (non-hydrogen) atoms. The number of nitrogens with zero attached hydrogens (tertiary/aromatic N) is 1. The molecule has 1 heterocycles. The van der Waals surface area contributed by atoms with E-state index in [0.717, 1.165) is 48.9 Å². The minimum atomic E-state index is -0.199. The van der Waals surface area contributed by atoms with E-state index in [4.69, 9.17) is 28.2 Å². The molecule has 0 aliphatic carbocycles. The van der Waals surface area contributed by atoms with E-state index in [2.05, 4.69) is 27.3 Å². The highest BCUT2D eigenvalue weighted by Gasteiger charge is 2.18. The van der Waals surface area contributed by atoms with E-state index < -0.39 is 0 Å². The highest BCUT2D eigenvalue weighted by atomic mass is 79.9. The van der Waals surface area contributed by atoms with Gasteiger partial charge >= 0.3 is 0 Å². The summed E-state index contributed by atoms with van der Waals surface area (Å²) in [4.78, 5) is 18.3. The molecule has 3 nitrogen and oxygen atoms in total. The SMILES string of the molecule is Cc1cc(C)c2nc(-c3ccc(Cl)cc3Cl)cc(C(=O)Nc3cc(C)c(Br)c(C)c3)c2c1. The van der Waals surface area contributed by atoms with Crippen molar-refractivity contribution in [1.29, 1.82) is 0 Å².